The Hall–Kier alpha value is -2.84. The summed E-state index contributed by atoms with van der Waals surface area (Å²) >= 11 is 5.93. The van der Waals surface area contributed by atoms with E-state index in [-0.39, 0.29) is 6.23 Å². The second kappa shape index (κ2) is 10.6. The number of rotatable bonds is 6. The molecule has 2 aromatic rings. The standard InChI is InChI=1S/C16H20ClN3O.C4H4O4/c1-11-15(13-5-7-14(17)8-6-13)18-19-16(11)21-12(2)20-9-3-4-10-20;5-3(6)1-2-4(7)8/h5-8,12H,3-4,9-10H2,1-2H3,(H,18,19);1-2H,(H,5,6)(H,7,8)/b;2-1-. The van der Waals surface area contributed by atoms with Gasteiger partial charge in [-0.2, -0.15) is 0 Å². The van der Waals surface area contributed by atoms with E-state index in [9.17, 15) is 9.59 Å². The van der Waals surface area contributed by atoms with Crippen LogP contribution in [0, 0.1) is 6.92 Å². The topological polar surface area (TPSA) is 116 Å². The highest BCUT2D eigenvalue weighted by Crippen LogP contribution is 2.29. The molecule has 9 heteroatoms. The number of ether oxygens (including phenoxy) is 1. The van der Waals surface area contributed by atoms with Crippen LogP contribution in [0.25, 0.3) is 11.3 Å². The van der Waals surface area contributed by atoms with E-state index in [1.165, 1.54) is 12.8 Å². The number of carboxylic acids is 2. The molecule has 8 nitrogen and oxygen atoms in total. The summed E-state index contributed by atoms with van der Waals surface area (Å²) < 4.78 is 6.01. The van der Waals surface area contributed by atoms with E-state index in [0.29, 0.717) is 18.0 Å². The van der Waals surface area contributed by atoms with Gasteiger partial charge in [-0.25, -0.2) is 9.59 Å². The first-order valence-corrected chi connectivity index (χ1v) is 9.51. The van der Waals surface area contributed by atoms with Gasteiger partial charge in [0.15, 0.2) is 6.23 Å². The monoisotopic (exact) mass is 421 g/mol. The Kier molecular flexibility index (Phi) is 8.23. The Bertz CT molecular complexity index is 842. The van der Waals surface area contributed by atoms with Gasteiger partial charge in [-0.05, 0) is 38.8 Å². The highest BCUT2D eigenvalue weighted by Gasteiger charge is 2.21. The van der Waals surface area contributed by atoms with Crippen molar-refractivity contribution < 1.29 is 24.5 Å². The van der Waals surface area contributed by atoms with E-state index in [0.717, 1.165) is 34.9 Å². The molecule has 1 fully saturated rings. The van der Waals surface area contributed by atoms with Crippen LogP contribution in [0.1, 0.15) is 25.3 Å². The molecule has 1 saturated heterocycles. The minimum atomic E-state index is -1.26. The summed E-state index contributed by atoms with van der Waals surface area (Å²) in [4.78, 5) is 21.5. The lowest BCUT2D eigenvalue weighted by atomic mass is 10.1. The Morgan fingerprint density at radius 3 is 2.24 bits per heavy atom. The average Bonchev–Trinajstić information content (AvgIpc) is 3.33. The summed E-state index contributed by atoms with van der Waals surface area (Å²) in [7, 11) is 0. The summed E-state index contributed by atoms with van der Waals surface area (Å²) in [6.45, 7) is 6.32. The fourth-order valence-electron chi connectivity index (χ4n) is 2.88. The predicted octanol–water partition coefficient (Wildman–Crippen LogP) is 3.57. The van der Waals surface area contributed by atoms with Crippen molar-refractivity contribution in [3.8, 4) is 17.1 Å². The summed E-state index contributed by atoms with van der Waals surface area (Å²) in [6.07, 6.45) is 3.68. The van der Waals surface area contributed by atoms with Crippen molar-refractivity contribution in [3.05, 3.63) is 47.0 Å². The lowest BCUT2D eigenvalue weighted by molar-refractivity contribution is -0.134. The fraction of sp³-hybridized carbons (Fsp3) is 0.350. The van der Waals surface area contributed by atoms with E-state index < -0.39 is 11.9 Å². The summed E-state index contributed by atoms with van der Waals surface area (Å²) in [5.41, 5.74) is 3.08. The van der Waals surface area contributed by atoms with Crippen LogP contribution >= 0.6 is 11.6 Å². The van der Waals surface area contributed by atoms with Gasteiger partial charge in [0.2, 0.25) is 5.88 Å². The number of aromatic nitrogens is 2. The second-order valence-electron chi connectivity index (χ2n) is 6.51. The number of H-pyrrole nitrogens is 1. The van der Waals surface area contributed by atoms with Crippen molar-refractivity contribution in [1.29, 1.82) is 0 Å². The molecular weight excluding hydrogens is 398 g/mol. The molecule has 1 aliphatic rings. The lowest BCUT2D eigenvalue weighted by Gasteiger charge is -2.23. The predicted molar refractivity (Wildman–Crippen MR) is 109 cm³/mol. The SMILES string of the molecule is Cc1c(OC(C)N2CCCC2)n[nH]c1-c1ccc(Cl)cc1.O=C(O)/C=C\C(=O)O. The molecular formula is C20H24ClN3O5. The first-order valence-electron chi connectivity index (χ1n) is 9.13. The molecule has 0 bridgehead atoms. The molecule has 3 N–H and O–H groups in total. The van der Waals surface area contributed by atoms with Gasteiger partial charge in [0.25, 0.3) is 0 Å². The van der Waals surface area contributed by atoms with Crippen molar-refractivity contribution >= 4 is 23.5 Å². The fourth-order valence-corrected chi connectivity index (χ4v) is 3.00. The third kappa shape index (κ3) is 6.92. The Labute approximate surface area is 173 Å². The molecule has 1 atom stereocenters. The van der Waals surface area contributed by atoms with Crippen molar-refractivity contribution in [2.75, 3.05) is 13.1 Å². The van der Waals surface area contributed by atoms with Crippen molar-refractivity contribution in [1.82, 2.24) is 15.1 Å². The van der Waals surface area contributed by atoms with E-state index in [4.69, 9.17) is 26.6 Å². The number of benzene rings is 1. The third-order valence-corrected chi connectivity index (χ3v) is 4.66. The van der Waals surface area contributed by atoms with Gasteiger partial charge in [0, 0.05) is 41.4 Å². The number of nitrogens with one attached hydrogen (secondary N) is 1. The zero-order valence-electron chi connectivity index (χ0n) is 16.3. The summed E-state index contributed by atoms with van der Waals surface area (Å²) in [5.74, 6) is -1.83. The molecule has 1 unspecified atom stereocenters. The molecule has 0 amide bonds. The van der Waals surface area contributed by atoms with Crippen LogP contribution in [0.15, 0.2) is 36.4 Å². The van der Waals surface area contributed by atoms with Crippen LogP contribution in [0.4, 0.5) is 0 Å². The van der Waals surface area contributed by atoms with Crippen LogP contribution in [0.3, 0.4) is 0 Å². The van der Waals surface area contributed by atoms with E-state index in [1.807, 2.05) is 31.2 Å². The number of halogens is 1. The van der Waals surface area contributed by atoms with Gasteiger partial charge in [-0.3, -0.25) is 10.00 Å². The van der Waals surface area contributed by atoms with E-state index >= 15 is 0 Å². The number of nitrogens with zero attached hydrogens (tertiary/aromatic N) is 2. The number of carboxylic acid groups (broad SMARTS) is 2. The minimum absolute atomic E-state index is 0.0626. The number of likely N-dealkylation sites (tertiary alicyclic amines) is 1. The molecule has 0 aliphatic carbocycles. The Balaban J connectivity index is 0.000000321. The van der Waals surface area contributed by atoms with Crippen molar-refractivity contribution in [2.24, 2.45) is 0 Å². The molecule has 1 aliphatic heterocycles. The Morgan fingerprint density at radius 2 is 1.72 bits per heavy atom. The van der Waals surface area contributed by atoms with Crippen LogP contribution in [-0.4, -0.2) is 56.6 Å². The summed E-state index contributed by atoms with van der Waals surface area (Å²) in [6, 6.07) is 7.72. The number of hydrogen-bond donors (Lipinski definition) is 3. The first-order chi connectivity index (χ1) is 13.8. The number of carbonyl (C=O) groups is 2. The maximum Gasteiger partial charge on any atom is 0.328 e. The van der Waals surface area contributed by atoms with Crippen LogP contribution < -0.4 is 4.74 Å². The highest BCUT2D eigenvalue weighted by molar-refractivity contribution is 6.30. The van der Waals surface area contributed by atoms with Crippen LogP contribution in [0.5, 0.6) is 5.88 Å². The van der Waals surface area contributed by atoms with Crippen molar-refractivity contribution in [3.63, 3.8) is 0 Å². The van der Waals surface area contributed by atoms with Crippen LogP contribution in [-0.2, 0) is 9.59 Å². The maximum absolute atomic E-state index is 9.55. The van der Waals surface area contributed by atoms with Crippen LogP contribution in [0.2, 0.25) is 5.02 Å². The minimum Gasteiger partial charge on any atom is -0.478 e. The number of aliphatic carboxylic acids is 2. The average molecular weight is 422 g/mol. The van der Waals surface area contributed by atoms with Crippen molar-refractivity contribution in [2.45, 2.75) is 32.9 Å². The molecule has 2 heterocycles. The zero-order chi connectivity index (χ0) is 21.4. The maximum atomic E-state index is 9.55. The molecule has 156 valence electrons. The smallest absolute Gasteiger partial charge is 0.328 e. The van der Waals surface area contributed by atoms with Gasteiger partial charge in [0.1, 0.15) is 0 Å². The normalized spacial score (nSPS) is 15.0. The zero-order valence-corrected chi connectivity index (χ0v) is 17.0. The molecule has 29 heavy (non-hydrogen) atoms. The summed E-state index contributed by atoms with van der Waals surface area (Å²) in [5, 5.41) is 23.7. The molecule has 3 rings (SSSR count). The molecule has 0 spiro atoms. The lowest BCUT2D eigenvalue weighted by Crippen LogP contribution is -2.34. The quantitative estimate of drug-likeness (QED) is 0.610. The van der Waals surface area contributed by atoms with E-state index in [2.05, 4.69) is 22.0 Å². The first kappa shape index (κ1) is 22.4. The molecule has 0 saturated carbocycles. The van der Waals surface area contributed by atoms with Gasteiger partial charge in [0.05, 0.1) is 5.69 Å². The highest BCUT2D eigenvalue weighted by atomic mass is 35.5. The van der Waals surface area contributed by atoms with Gasteiger partial charge in [-0.1, -0.05) is 23.7 Å². The van der Waals surface area contributed by atoms with E-state index in [1.54, 1.807) is 0 Å². The largest absolute Gasteiger partial charge is 0.478 e. The number of aromatic amines is 1. The number of hydrogen-bond acceptors (Lipinski definition) is 5. The van der Waals surface area contributed by atoms with Gasteiger partial charge < -0.3 is 14.9 Å². The second-order valence-corrected chi connectivity index (χ2v) is 6.94. The Morgan fingerprint density at radius 1 is 1.17 bits per heavy atom. The van der Waals surface area contributed by atoms with Gasteiger partial charge >= 0.3 is 11.9 Å². The molecule has 1 aromatic carbocycles. The third-order valence-electron chi connectivity index (χ3n) is 4.40. The molecule has 0 radical (unpaired) electrons. The molecule has 1 aromatic heterocycles. The van der Waals surface area contributed by atoms with Gasteiger partial charge in [-0.15, -0.1) is 5.10 Å².